The van der Waals surface area contributed by atoms with E-state index in [0.29, 0.717) is 17.4 Å². The molecule has 1 aromatic rings. The zero-order valence-electron chi connectivity index (χ0n) is 9.79. The van der Waals surface area contributed by atoms with E-state index in [2.05, 4.69) is 6.58 Å². The number of hydrogen-bond donors (Lipinski definition) is 1. The molecular formula is C13H18ClNO. The van der Waals surface area contributed by atoms with Gasteiger partial charge in [0.1, 0.15) is 12.4 Å². The highest BCUT2D eigenvalue weighted by molar-refractivity contribution is 6.32. The van der Waals surface area contributed by atoms with Crippen molar-refractivity contribution in [3.05, 3.63) is 40.9 Å². The molecule has 2 nitrogen and oxygen atoms in total. The number of rotatable bonds is 5. The maximum Gasteiger partial charge on any atom is 0.138 e. The second-order valence-corrected chi connectivity index (χ2v) is 4.28. The Morgan fingerprint density at radius 1 is 1.56 bits per heavy atom. The summed E-state index contributed by atoms with van der Waals surface area (Å²) in [6, 6.07) is 5.61. The number of hydrogen-bond acceptors (Lipinski definition) is 2. The predicted molar refractivity (Wildman–Crippen MR) is 69.0 cm³/mol. The van der Waals surface area contributed by atoms with Gasteiger partial charge in [-0.15, -0.1) is 0 Å². The molecule has 0 fully saturated rings. The highest BCUT2D eigenvalue weighted by Crippen LogP contribution is 2.27. The molecule has 0 heterocycles. The molecule has 1 aromatic carbocycles. The van der Waals surface area contributed by atoms with Crippen LogP contribution in [0.25, 0.3) is 0 Å². The summed E-state index contributed by atoms with van der Waals surface area (Å²) < 4.78 is 5.55. The smallest absolute Gasteiger partial charge is 0.138 e. The maximum absolute atomic E-state index is 6.09. The standard InChI is InChI=1S/C13H18ClNO/c1-4-9(2)8-16-13-6-5-11(10(3)15)7-12(13)14/h5-7,10H,2,4,8,15H2,1,3H3. The quantitative estimate of drug-likeness (QED) is 0.796. The molecule has 0 spiro atoms. The Hall–Kier alpha value is -0.990. The van der Waals surface area contributed by atoms with Gasteiger partial charge in [-0.1, -0.05) is 31.2 Å². The summed E-state index contributed by atoms with van der Waals surface area (Å²) in [5.74, 6) is 0.681. The van der Waals surface area contributed by atoms with Gasteiger partial charge in [0.05, 0.1) is 5.02 Å². The Balaban J connectivity index is 2.72. The molecule has 0 bridgehead atoms. The summed E-state index contributed by atoms with van der Waals surface area (Å²) in [5, 5.41) is 0.596. The number of nitrogens with two attached hydrogens (primary N) is 1. The minimum absolute atomic E-state index is 0.0165. The van der Waals surface area contributed by atoms with Crippen LogP contribution in [0.15, 0.2) is 30.4 Å². The van der Waals surface area contributed by atoms with E-state index >= 15 is 0 Å². The van der Waals surface area contributed by atoms with Crippen LogP contribution in [0.5, 0.6) is 5.75 Å². The Morgan fingerprint density at radius 2 is 2.25 bits per heavy atom. The molecule has 16 heavy (non-hydrogen) atoms. The maximum atomic E-state index is 6.09. The molecule has 0 saturated carbocycles. The summed E-state index contributed by atoms with van der Waals surface area (Å²) in [7, 11) is 0. The largest absolute Gasteiger partial charge is 0.488 e. The molecule has 0 radical (unpaired) electrons. The number of ether oxygens (including phenoxy) is 1. The monoisotopic (exact) mass is 239 g/mol. The fourth-order valence-corrected chi connectivity index (χ4v) is 1.44. The van der Waals surface area contributed by atoms with Crippen molar-refractivity contribution in [3.63, 3.8) is 0 Å². The van der Waals surface area contributed by atoms with Crippen LogP contribution in [0.3, 0.4) is 0 Å². The zero-order valence-corrected chi connectivity index (χ0v) is 10.6. The first kappa shape index (κ1) is 13.1. The lowest BCUT2D eigenvalue weighted by atomic mass is 10.1. The molecule has 0 aliphatic carbocycles. The molecule has 0 aliphatic rings. The van der Waals surface area contributed by atoms with Crippen LogP contribution in [-0.2, 0) is 0 Å². The summed E-state index contributed by atoms with van der Waals surface area (Å²) >= 11 is 6.09. The molecule has 2 N–H and O–H groups in total. The highest BCUT2D eigenvalue weighted by atomic mass is 35.5. The van der Waals surface area contributed by atoms with Crippen LogP contribution < -0.4 is 10.5 Å². The Labute approximate surface area is 102 Å². The average Bonchev–Trinajstić information content (AvgIpc) is 2.26. The van der Waals surface area contributed by atoms with Gasteiger partial charge in [-0.05, 0) is 36.6 Å². The highest BCUT2D eigenvalue weighted by Gasteiger charge is 2.06. The Kier molecular flexibility index (Phi) is 4.84. The van der Waals surface area contributed by atoms with Gasteiger partial charge in [0.15, 0.2) is 0 Å². The zero-order chi connectivity index (χ0) is 12.1. The van der Waals surface area contributed by atoms with Gasteiger partial charge in [0.2, 0.25) is 0 Å². The first-order valence-corrected chi connectivity index (χ1v) is 5.76. The minimum atomic E-state index is -0.0165. The average molecular weight is 240 g/mol. The van der Waals surface area contributed by atoms with Gasteiger partial charge >= 0.3 is 0 Å². The predicted octanol–water partition coefficient (Wildman–Crippen LogP) is 3.70. The van der Waals surface area contributed by atoms with Gasteiger partial charge in [0.25, 0.3) is 0 Å². The normalized spacial score (nSPS) is 12.2. The van der Waals surface area contributed by atoms with Gasteiger partial charge < -0.3 is 10.5 Å². The number of benzene rings is 1. The van der Waals surface area contributed by atoms with Crippen molar-refractivity contribution in [2.75, 3.05) is 6.61 Å². The van der Waals surface area contributed by atoms with E-state index in [-0.39, 0.29) is 6.04 Å². The van der Waals surface area contributed by atoms with E-state index in [4.69, 9.17) is 22.1 Å². The van der Waals surface area contributed by atoms with Gasteiger partial charge in [-0.25, -0.2) is 0 Å². The molecule has 3 heteroatoms. The molecule has 1 atom stereocenters. The lowest BCUT2D eigenvalue weighted by Crippen LogP contribution is -2.05. The van der Waals surface area contributed by atoms with E-state index in [1.807, 2.05) is 32.0 Å². The molecule has 88 valence electrons. The van der Waals surface area contributed by atoms with E-state index in [1.54, 1.807) is 0 Å². The lowest BCUT2D eigenvalue weighted by Gasteiger charge is -2.11. The topological polar surface area (TPSA) is 35.2 Å². The fraction of sp³-hybridized carbons (Fsp3) is 0.385. The molecule has 0 aromatic heterocycles. The second kappa shape index (κ2) is 5.92. The van der Waals surface area contributed by atoms with Crippen molar-refractivity contribution in [1.29, 1.82) is 0 Å². The van der Waals surface area contributed by atoms with Crippen molar-refractivity contribution in [3.8, 4) is 5.75 Å². The van der Waals surface area contributed by atoms with E-state index < -0.39 is 0 Å². The van der Waals surface area contributed by atoms with E-state index in [1.165, 1.54) is 0 Å². The first-order valence-electron chi connectivity index (χ1n) is 5.39. The Bertz CT molecular complexity index is 374. The van der Waals surface area contributed by atoms with Crippen molar-refractivity contribution in [1.82, 2.24) is 0 Å². The first-order chi connectivity index (χ1) is 7.54. The van der Waals surface area contributed by atoms with Gasteiger partial charge in [-0.3, -0.25) is 0 Å². The van der Waals surface area contributed by atoms with Crippen LogP contribution in [0.1, 0.15) is 31.9 Å². The van der Waals surface area contributed by atoms with Gasteiger partial charge in [0, 0.05) is 6.04 Å². The van der Waals surface area contributed by atoms with Crippen LogP contribution in [0, 0.1) is 0 Å². The molecular weight excluding hydrogens is 222 g/mol. The van der Waals surface area contributed by atoms with Crippen molar-refractivity contribution in [2.45, 2.75) is 26.3 Å². The molecule has 1 rings (SSSR count). The van der Waals surface area contributed by atoms with Crippen molar-refractivity contribution in [2.24, 2.45) is 5.73 Å². The van der Waals surface area contributed by atoms with E-state index in [9.17, 15) is 0 Å². The molecule has 0 saturated heterocycles. The van der Waals surface area contributed by atoms with Crippen LogP contribution in [-0.4, -0.2) is 6.61 Å². The number of halogens is 1. The van der Waals surface area contributed by atoms with Crippen LogP contribution >= 0.6 is 11.6 Å². The minimum Gasteiger partial charge on any atom is -0.488 e. The Morgan fingerprint density at radius 3 is 2.75 bits per heavy atom. The van der Waals surface area contributed by atoms with Crippen LogP contribution in [0.2, 0.25) is 5.02 Å². The molecule has 1 unspecified atom stereocenters. The summed E-state index contributed by atoms with van der Waals surface area (Å²) in [4.78, 5) is 0. The third-order valence-electron chi connectivity index (χ3n) is 2.41. The summed E-state index contributed by atoms with van der Waals surface area (Å²) in [5.41, 5.74) is 7.82. The fourth-order valence-electron chi connectivity index (χ4n) is 1.20. The third-order valence-corrected chi connectivity index (χ3v) is 2.71. The second-order valence-electron chi connectivity index (χ2n) is 3.87. The molecule has 0 amide bonds. The van der Waals surface area contributed by atoms with E-state index in [0.717, 1.165) is 17.6 Å². The third kappa shape index (κ3) is 3.54. The lowest BCUT2D eigenvalue weighted by molar-refractivity contribution is 0.349. The SMILES string of the molecule is C=C(CC)COc1ccc(C(C)N)cc1Cl. The summed E-state index contributed by atoms with van der Waals surface area (Å²) in [6.07, 6.45) is 0.912. The summed E-state index contributed by atoms with van der Waals surface area (Å²) in [6.45, 7) is 8.35. The van der Waals surface area contributed by atoms with Crippen molar-refractivity contribution < 1.29 is 4.74 Å². The molecule has 0 aliphatic heterocycles. The van der Waals surface area contributed by atoms with Crippen molar-refractivity contribution >= 4 is 11.6 Å². The van der Waals surface area contributed by atoms with Gasteiger partial charge in [-0.2, -0.15) is 0 Å². The van der Waals surface area contributed by atoms with Crippen LogP contribution in [0.4, 0.5) is 0 Å².